The third-order valence-corrected chi connectivity index (χ3v) is 7.54. The Bertz CT molecular complexity index is 1230. The summed E-state index contributed by atoms with van der Waals surface area (Å²) < 4.78 is 5.88. The van der Waals surface area contributed by atoms with Gasteiger partial charge >= 0.3 is 5.97 Å². The molecule has 3 aromatic carbocycles. The van der Waals surface area contributed by atoms with Gasteiger partial charge in [0.25, 0.3) is 0 Å². The van der Waals surface area contributed by atoms with Crippen molar-refractivity contribution in [3.8, 4) is 0 Å². The quantitative estimate of drug-likeness (QED) is 0.305. The van der Waals surface area contributed by atoms with Gasteiger partial charge in [-0.15, -0.1) is 11.8 Å². The van der Waals surface area contributed by atoms with Gasteiger partial charge < -0.3 is 15.0 Å². The van der Waals surface area contributed by atoms with Crippen molar-refractivity contribution in [1.29, 1.82) is 0 Å². The number of esters is 1. The normalized spacial score (nSPS) is 20.9. The van der Waals surface area contributed by atoms with Gasteiger partial charge in [0.05, 0.1) is 12.2 Å². The zero-order valence-electron chi connectivity index (χ0n) is 19.3. The topological polar surface area (TPSA) is 92.8 Å². The van der Waals surface area contributed by atoms with E-state index < -0.39 is 35.4 Å². The number of hydrogen-bond acceptors (Lipinski definition) is 6. The molecule has 0 aliphatic carbocycles. The zero-order valence-corrected chi connectivity index (χ0v) is 20.1. The minimum atomic E-state index is -1.33. The van der Waals surface area contributed by atoms with E-state index >= 15 is 0 Å². The molecular formula is C28H24N2O5S. The van der Waals surface area contributed by atoms with Crippen molar-refractivity contribution in [3.63, 3.8) is 0 Å². The van der Waals surface area contributed by atoms with Gasteiger partial charge in [-0.1, -0.05) is 91.0 Å². The number of hydrogen-bond donors (Lipinski definition) is 1. The first-order valence-electron chi connectivity index (χ1n) is 11.6. The molecular weight excluding hydrogens is 476 g/mol. The minimum Gasteiger partial charge on any atom is -0.451 e. The van der Waals surface area contributed by atoms with Crippen LogP contribution in [0.2, 0.25) is 0 Å². The number of rotatable bonds is 7. The Balaban J connectivity index is 1.30. The molecule has 182 valence electrons. The van der Waals surface area contributed by atoms with E-state index in [0.29, 0.717) is 0 Å². The van der Waals surface area contributed by atoms with Gasteiger partial charge in [0.1, 0.15) is 11.4 Å². The Morgan fingerprint density at radius 1 is 0.889 bits per heavy atom. The molecule has 0 radical (unpaired) electrons. The summed E-state index contributed by atoms with van der Waals surface area (Å²) in [6.45, 7) is 0. The lowest BCUT2D eigenvalue weighted by molar-refractivity contribution is -0.170. The number of fused-ring (bicyclic) bond motifs is 1. The van der Waals surface area contributed by atoms with E-state index in [4.69, 9.17) is 4.74 Å². The van der Waals surface area contributed by atoms with E-state index in [9.17, 15) is 19.2 Å². The van der Waals surface area contributed by atoms with Crippen LogP contribution >= 0.6 is 11.8 Å². The fourth-order valence-electron chi connectivity index (χ4n) is 4.49. The van der Waals surface area contributed by atoms with Crippen molar-refractivity contribution >= 4 is 35.3 Å². The maximum atomic E-state index is 13.3. The van der Waals surface area contributed by atoms with Crippen LogP contribution in [-0.2, 0) is 30.3 Å². The monoisotopic (exact) mass is 500 g/mol. The van der Waals surface area contributed by atoms with Crippen LogP contribution in [0.25, 0.3) is 0 Å². The maximum absolute atomic E-state index is 13.3. The number of amides is 2. The average molecular weight is 501 g/mol. The molecule has 8 heteroatoms. The highest BCUT2D eigenvalue weighted by atomic mass is 32.2. The SMILES string of the molecule is O=C(Cc1ccccc1)N[C@@H]1C(=O)N2C(C(=O)OC(c3ccccc3)c3ccccc3)C(=O)CS[C@@H]12. The number of ether oxygens (including phenoxy) is 1. The van der Waals surface area contributed by atoms with Crippen LogP contribution in [0.4, 0.5) is 0 Å². The maximum Gasteiger partial charge on any atom is 0.337 e. The second-order valence-corrected chi connectivity index (χ2v) is 9.77. The van der Waals surface area contributed by atoms with Crippen molar-refractivity contribution in [3.05, 3.63) is 108 Å². The molecule has 0 aromatic heterocycles. The van der Waals surface area contributed by atoms with Crippen LogP contribution in [-0.4, -0.2) is 51.7 Å². The molecule has 5 rings (SSSR count). The molecule has 3 atom stereocenters. The summed E-state index contributed by atoms with van der Waals surface area (Å²) in [6.07, 6.45) is -0.583. The van der Waals surface area contributed by atoms with Crippen LogP contribution in [0.15, 0.2) is 91.0 Å². The summed E-state index contributed by atoms with van der Waals surface area (Å²) in [6, 6.07) is 25.6. The van der Waals surface area contributed by atoms with E-state index in [0.717, 1.165) is 16.7 Å². The Kier molecular flexibility index (Phi) is 6.86. The molecule has 2 aliphatic heterocycles. The lowest BCUT2D eigenvalue weighted by atomic mass is 9.99. The number of carbonyl (C=O) groups excluding carboxylic acids is 4. The molecule has 0 saturated carbocycles. The fraction of sp³-hybridized carbons (Fsp3) is 0.214. The smallest absolute Gasteiger partial charge is 0.337 e. The molecule has 0 bridgehead atoms. The summed E-state index contributed by atoms with van der Waals surface area (Å²) in [4.78, 5) is 52.9. The fourth-order valence-corrected chi connectivity index (χ4v) is 5.74. The number of benzene rings is 3. The van der Waals surface area contributed by atoms with Crippen molar-refractivity contribution in [2.45, 2.75) is 30.0 Å². The summed E-state index contributed by atoms with van der Waals surface area (Å²) in [5.41, 5.74) is 2.35. The van der Waals surface area contributed by atoms with Crippen LogP contribution in [0.3, 0.4) is 0 Å². The summed E-state index contributed by atoms with van der Waals surface area (Å²) in [5.74, 6) is -1.85. The van der Waals surface area contributed by atoms with Crippen molar-refractivity contribution in [2.75, 3.05) is 5.75 Å². The Morgan fingerprint density at radius 3 is 2.03 bits per heavy atom. The zero-order chi connectivity index (χ0) is 25.1. The molecule has 2 saturated heterocycles. The number of carbonyl (C=O) groups is 4. The predicted octanol–water partition coefficient (Wildman–Crippen LogP) is 2.90. The highest BCUT2D eigenvalue weighted by Crippen LogP contribution is 2.38. The number of ketones is 1. The first-order valence-corrected chi connectivity index (χ1v) is 12.7. The number of nitrogens with one attached hydrogen (secondary N) is 1. The van der Waals surface area contributed by atoms with Gasteiger partial charge in [-0.25, -0.2) is 4.79 Å². The number of β-lactam (4-membered cyclic amide) rings is 1. The van der Waals surface area contributed by atoms with Crippen LogP contribution in [0.5, 0.6) is 0 Å². The number of thioether (sulfide) groups is 1. The molecule has 1 unspecified atom stereocenters. The molecule has 3 aromatic rings. The molecule has 2 fully saturated rings. The van der Waals surface area contributed by atoms with E-state index in [1.54, 1.807) is 0 Å². The highest BCUT2D eigenvalue weighted by Gasteiger charge is 2.58. The first-order chi connectivity index (χ1) is 17.5. The molecule has 2 aliphatic rings. The summed E-state index contributed by atoms with van der Waals surface area (Å²) >= 11 is 1.25. The Labute approximate surface area is 212 Å². The second kappa shape index (κ2) is 10.4. The summed E-state index contributed by atoms with van der Waals surface area (Å²) in [5, 5.41) is 2.27. The first kappa shape index (κ1) is 23.8. The van der Waals surface area contributed by atoms with Crippen molar-refractivity contribution < 1.29 is 23.9 Å². The molecule has 0 spiro atoms. The number of nitrogens with zero attached hydrogens (tertiary/aromatic N) is 1. The largest absolute Gasteiger partial charge is 0.451 e. The van der Waals surface area contributed by atoms with E-state index in [1.807, 2.05) is 91.0 Å². The van der Waals surface area contributed by atoms with Gasteiger partial charge in [-0.2, -0.15) is 0 Å². The third kappa shape index (κ3) is 4.77. The predicted molar refractivity (Wildman–Crippen MR) is 135 cm³/mol. The van der Waals surface area contributed by atoms with Gasteiger partial charge in [-0.05, 0) is 16.7 Å². The average Bonchev–Trinajstić information content (AvgIpc) is 2.91. The van der Waals surface area contributed by atoms with Crippen molar-refractivity contribution in [1.82, 2.24) is 10.2 Å². The summed E-state index contributed by atoms with van der Waals surface area (Å²) in [7, 11) is 0. The third-order valence-electron chi connectivity index (χ3n) is 6.25. The van der Waals surface area contributed by atoms with Gasteiger partial charge in [-0.3, -0.25) is 14.4 Å². The Hall–Kier alpha value is -3.91. The molecule has 7 nitrogen and oxygen atoms in total. The molecule has 36 heavy (non-hydrogen) atoms. The van der Waals surface area contributed by atoms with E-state index in [2.05, 4.69) is 5.32 Å². The Morgan fingerprint density at radius 2 is 1.44 bits per heavy atom. The molecule has 2 amide bonds. The van der Waals surface area contributed by atoms with E-state index in [-0.39, 0.29) is 23.9 Å². The molecule has 2 heterocycles. The van der Waals surface area contributed by atoms with Crippen LogP contribution in [0, 0.1) is 0 Å². The number of Topliss-reactive ketones (excluding diaryl/α,β-unsaturated/α-hetero) is 1. The van der Waals surface area contributed by atoms with Crippen molar-refractivity contribution in [2.24, 2.45) is 0 Å². The molecule has 1 N–H and O–H groups in total. The highest BCUT2D eigenvalue weighted by molar-refractivity contribution is 8.00. The lowest BCUT2D eigenvalue weighted by Crippen LogP contribution is -2.76. The van der Waals surface area contributed by atoms with Gasteiger partial charge in [0.2, 0.25) is 11.8 Å². The standard InChI is InChI=1S/C28H24N2O5S/c31-21-17-36-27-23(29-22(32)16-18-10-4-1-5-11-18)26(33)30(27)24(21)28(34)35-25(19-12-6-2-7-13-19)20-14-8-3-9-15-20/h1-15,23-25,27H,16-17H2,(H,29,32)/t23-,24?,27+/m1/s1. The second-order valence-electron chi connectivity index (χ2n) is 8.66. The van der Waals surface area contributed by atoms with Gasteiger partial charge in [0.15, 0.2) is 17.9 Å². The van der Waals surface area contributed by atoms with Crippen LogP contribution < -0.4 is 5.32 Å². The lowest BCUT2D eigenvalue weighted by Gasteiger charge is -2.51. The van der Waals surface area contributed by atoms with Gasteiger partial charge in [0, 0.05) is 0 Å². The van der Waals surface area contributed by atoms with Crippen LogP contribution in [0.1, 0.15) is 22.8 Å². The van der Waals surface area contributed by atoms with E-state index in [1.165, 1.54) is 16.7 Å². The minimum absolute atomic E-state index is 0.0562.